The van der Waals surface area contributed by atoms with Crippen molar-refractivity contribution in [2.75, 3.05) is 0 Å². The average molecular weight is 428 g/mol. The quantitative estimate of drug-likeness (QED) is 0.255. The van der Waals surface area contributed by atoms with Crippen molar-refractivity contribution in [3.63, 3.8) is 0 Å². The number of hydrogen-bond donors (Lipinski definition) is 1. The van der Waals surface area contributed by atoms with Gasteiger partial charge in [-0.05, 0) is 24.3 Å². The molecular weight excluding hydrogens is 407 g/mol. The lowest BCUT2D eigenvalue weighted by atomic mass is 10.3. The van der Waals surface area contributed by atoms with E-state index in [1.54, 1.807) is 0 Å². The summed E-state index contributed by atoms with van der Waals surface area (Å²) in [4.78, 5) is 0. The van der Waals surface area contributed by atoms with Crippen LogP contribution >= 0.6 is 11.1 Å². The van der Waals surface area contributed by atoms with E-state index in [0.717, 1.165) is 0 Å². The molecule has 2 N–H and O–H groups in total. The number of hydrogen-bond acceptors (Lipinski definition) is 3. The molecule has 0 aliphatic rings. The maximum atomic E-state index is 10.7. The standard InChI is InChI=1S/C12H11N.C3H9ClSi.CHF3O3S/c1-3-7-11(8-4-1)13-12-9-5-2-6-10-12;1-5(2,3)4;2-1(3,4)8(5,6)7/h1-10,13H;1-3H3;(H,5,6,7). The summed E-state index contributed by atoms with van der Waals surface area (Å²) in [6, 6.07) is 20.7. The average Bonchev–Trinajstić information content (AvgIpc) is 2.46. The van der Waals surface area contributed by atoms with Gasteiger partial charge in [0.2, 0.25) is 0 Å². The van der Waals surface area contributed by atoms with Crippen molar-refractivity contribution in [3.8, 4) is 0 Å². The van der Waals surface area contributed by atoms with Crippen molar-refractivity contribution < 1.29 is 31.5 Å². The fourth-order valence-electron chi connectivity index (χ4n) is 1.29. The predicted octanol–water partition coefficient (Wildman–Crippen LogP) is 4.32. The summed E-state index contributed by atoms with van der Waals surface area (Å²) in [6.45, 7) is 6.28. The SMILES string of the molecule is C[Si](C)(C)Cl.O=S(=O)([O-])C(F)(F)F.c1ccc([NH2+]c2ccccc2)cc1. The van der Waals surface area contributed by atoms with E-state index in [9.17, 15) is 13.2 Å². The molecule has 0 bridgehead atoms. The summed E-state index contributed by atoms with van der Waals surface area (Å²) >= 11 is 5.67. The molecule has 0 aromatic heterocycles. The number of nitrogens with two attached hydrogens (primary N) is 1. The monoisotopic (exact) mass is 427 g/mol. The molecule has 146 valence electrons. The first-order valence-corrected chi connectivity index (χ1v) is 13.3. The van der Waals surface area contributed by atoms with Gasteiger partial charge < -0.3 is 4.55 Å². The van der Waals surface area contributed by atoms with Crippen molar-refractivity contribution in [1.82, 2.24) is 0 Å². The fraction of sp³-hybridized carbons (Fsp3) is 0.250. The van der Waals surface area contributed by atoms with E-state index in [1.165, 1.54) is 11.4 Å². The Labute approximate surface area is 157 Å². The molecule has 0 heterocycles. The van der Waals surface area contributed by atoms with Crippen LogP contribution in [-0.2, 0) is 10.1 Å². The van der Waals surface area contributed by atoms with E-state index in [4.69, 9.17) is 24.0 Å². The third-order valence-corrected chi connectivity index (χ3v) is 2.78. The summed E-state index contributed by atoms with van der Waals surface area (Å²) in [5.41, 5.74) is -3.16. The minimum Gasteiger partial charge on any atom is -0.741 e. The van der Waals surface area contributed by atoms with Crippen molar-refractivity contribution in [1.29, 1.82) is 0 Å². The van der Waals surface area contributed by atoms with Crippen LogP contribution in [0.15, 0.2) is 60.7 Å². The largest absolute Gasteiger partial charge is 0.741 e. The molecule has 0 fully saturated rings. The number of halogens is 4. The van der Waals surface area contributed by atoms with E-state index in [0.29, 0.717) is 0 Å². The first-order chi connectivity index (χ1) is 11.7. The molecule has 2 rings (SSSR count). The Balaban J connectivity index is 0.000000414. The Kier molecular flexibility index (Phi) is 10.1. The molecule has 2 aromatic rings. The molecule has 4 nitrogen and oxygen atoms in total. The topological polar surface area (TPSA) is 73.8 Å². The molecule has 0 amide bonds. The molecule has 10 heteroatoms. The van der Waals surface area contributed by atoms with E-state index < -0.39 is 23.0 Å². The van der Waals surface area contributed by atoms with Crippen LogP contribution in [0.4, 0.5) is 24.5 Å². The van der Waals surface area contributed by atoms with Crippen molar-refractivity contribution in [3.05, 3.63) is 60.7 Å². The zero-order valence-corrected chi connectivity index (χ0v) is 17.1. The van der Waals surface area contributed by atoms with E-state index in [1.807, 2.05) is 12.1 Å². The Bertz CT molecular complexity index is 693. The minimum atomic E-state index is -6.09. The molecule has 0 spiro atoms. The lowest BCUT2D eigenvalue weighted by Crippen LogP contribution is -2.70. The number of benzene rings is 2. The second-order valence-corrected chi connectivity index (χ2v) is 14.8. The van der Waals surface area contributed by atoms with Gasteiger partial charge in [0.25, 0.3) is 0 Å². The van der Waals surface area contributed by atoms with Crippen molar-refractivity contribution in [2.45, 2.75) is 25.1 Å². The lowest BCUT2D eigenvalue weighted by molar-refractivity contribution is -0.478. The zero-order valence-electron chi connectivity index (χ0n) is 14.5. The van der Waals surface area contributed by atoms with Crippen LogP contribution in [-0.4, -0.2) is 25.9 Å². The molecule has 0 aliphatic heterocycles. The zero-order chi connectivity index (χ0) is 20.4. The van der Waals surface area contributed by atoms with E-state index in [-0.39, 0.29) is 0 Å². The second kappa shape index (κ2) is 10.7. The van der Waals surface area contributed by atoms with Crippen LogP contribution in [0.2, 0.25) is 19.6 Å². The predicted molar refractivity (Wildman–Crippen MR) is 99.1 cm³/mol. The maximum absolute atomic E-state index is 10.7. The van der Waals surface area contributed by atoms with Crippen molar-refractivity contribution >= 4 is 40.0 Å². The molecule has 0 saturated heterocycles. The number of rotatable bonds is 2. The smallest absolute Gasteiger partial charge is 0.485 e. The van der Waals surface area contributed by atoms with Crippen LogP contribution in [0.5, 0.6) is 0 Å². The Hall–Kier alpha value is -1.39. The first-order valence-electron chi connectivity index (χ1n) is 7.36. The molecule has 26 heavy (non-hydrogen) atoms. The van der Waals surface area contributed by atoms with Crippen LogP contribution in [0.25, 0.3) is 0 Å². The lowest BCUT2D eigenvalue weighted by Gasteiger charge is -2.08. The van der Waals surface area contributed by atoms with Gasteiger partial charge >= 0.3 is 5.51 Å². The fourth-order valence-corrected chi connectivity index (χ4v) is 1.29. The van der Waals surface area contributed by atoms with Gasteiger partial charge in [-0.1, -0.05) is 56.0 Å². The normalized spacial score (nSPS) is 11.5. The third kappa shape index (κ3) is 13.8. The van der Waals surface area contributed by atoms with E-state index >= 15 is 0 Å². The van der Waals surface area contributed by atoms with Gasteiger partial charge in [-0.2, -0.15) is 24.3 Å². The Morgan fingerprint density at radius 2 is 1.12 bits per heavy atom. The first kappa shape index (κ1) is 24.6. The Morgan fingerprint density at radius 1 is 0.885 bits per heavy atom. The van der Waals surface area contributed by atoms with Crippen LogP contribution in [0.1, 0.15) is 0 Å². The summed E-state index contributed by atoms with van der Waals surface area (Å²) < 4.78 is 58.9. The molecule has 0 radical (unpaired) electrons. The van der Waals surface area contributed by atoms with Crippen LogP contribution in [0, 0.1) is 0 Å². The maximum Gasteiger partial charge on any atom is 0.485 e. The number of para-hydroxylation sites is 2. The van der Waals surface area contributed by atoms with Gasteiger partial charge in [-0.25, -0.2) is 8.42 Å². The highest BCUT2D eigenvalue weighted by Gasteiger charge is 2.36. The third-order valence-electron chi connectivity index (χ3n) is 2.22. The van der Waals surface area contributed by atoms with Gasteiger partial charge in [0.15, 0.2) is 10.1 Å². The summed E-state index contributed by atoms with van der Waals surface area (Å²) in [5, 5.41) is 2.17. The van der Waals surface area contributed by atoms with Gasteiger partial charge in [-0.15, -0.1) is 0 Å². The minimum absolute atomic E-state index is 1.14. The highest BCUT2D eigenvalue weighted by atomic mass is 35.6. The Morgan fingerprint density at radius 3 is 1.31 bits per heavy atom. The molecule has 0 aliphatic carbocycles. The summed E-state index contributed by atoms with van der Waals surface area (Å²) in [5.74, 6) is 0. The van der Waals surface area contributed by atoms with Gasteiger partial charge in [0, 0.05) is 0 Å². The van der Waals surface area contributed by atoms with Gasteiger partial charge in [-0.3, -0.25) is 5.32 Å². The van der Waals surface area contributed by atoms with Crippen LogP contribution in [0.3, 0.4) is 0 Å². The highest BCUT2D eigenvalue weighted by molar-refractivity contribution is 7.86. The molecule has 0 atom stereocenters. The number of quaternary nitrogens is 1. The van der Waals surface area contributed by atoms with Crippen molar-refractivity contribution in [2.24, 2.45) is 0 Å². The molecular formula is C16H21ClF3NO3SSi. The molecule has 2 aromatic carbocycles. The molecule has 0 saturated carbocycles. The highest BCUT2D eigenvalue weighted by Crippen LogP contribution is 2.20. The van der Waals surface area contributed by atoms with Gasteiger partial charge in [0.05, 0.1) is 0 Å². The number of alkyl halides is 3. The second-order valence-electron chi connectivity index (χ2n) is 5.93. The van der Waals surface area contributed by atoms with Crippen LogP contribution < -0.4 is 5.32 Å². The summed E-state index contributed by atoms with van der Waals surface area (Å²) in [7, 11) is -7.23. The summed E-state index contributed by atoms with van der Waals surface area (Å²) in [6.07, 6.45) is 0. The molecule has 0 unspecified atom stereocenters. The van der Waals surface area contributed by atoms with Gasteiger partial charge in [0.1, 0.15) is 18.8 Å². The van der Waals surface area contributed by atoms with E-state index in [2.05, 4.69) is 73.5 Å².